The third-order valence-electron chi connectivity index (χ3n) is 2.53. The Morgan fingerprint density at radius 3 is 2.59 bits per heavy atom. The first kappa shape index (κ1) is 11.7. The average Bonchev–Trinajstić information content (AvgIpc) is 2.29. The Bertz CT molecular complexity index is 496. The lowest BCUT2D eigenvalue weighted by Gasteiger charge is -2.15. The first-order chi connectivity index (χ1) is 8.15. The molecule has 1 heterocycles. The number of hydrogen-bond acceptors (Lipinski definition) is 3. The second-order valence-electron chi connectivity index (χ2n) is 3.89. The SMILES string of the molecule is CC(Nc1ccnc(N)c1)c1ccc(Cl)cc1. The number of benzene rings is 1. The van der Waals surface area contributed by atoms with E-state index >= 15 is 0 Å². The van der Waals surface area contributed by atoms with Crippen molar-refractivity contribution < 1.29 is 0 Å². The maximum absolute atomic E-state index is 5.85. The quantitative estimate of drug-likeness (QED) is 0.873. The van der Waals surface area contributed by atoms with Gasteiger partial charge in [0.1, 0.15) is 5.82 Å². The van der Waals surface area contributed by atoms with Gasteiger partial charge in [-0.05, 0) is 30.7 Å². The van der Waals surface area contributed by atoms with Crippen LogP contribution >= 0.6 is 11.6 Å². The summed E-state index contributed by atoms with van der Waals surface area (Å²) in [5, 5.41) is 4.10. The lowest BCUT2D eigenvalue weighted by molar-refractivity contribution is 0.884. The van der Waals surface area contributed by atoms with E-state index in [2.05, 4.69) is 17.2 Å². The van der Waals surface area contributed by atoms with Crippen molar-refractivity contribution in [3.8, 4) is 0 Å². The van der Waals surface area contributed by atoms with Crippen LogP contribution in [-0.4, -0.2) is 4.98 Å². The molecule has 0 aliphatic rings. The van der Waals surface area contributed by atoms with Crippen LogP contribution in [0, 0.1) is 0 Å². The number of pyridine rings is 1. The highest BCUT2D eigenvalue weighted by molar-refractivity contribution is 6.30. The van der Waals surface area contributed by atoms with Crippen LogP contribution in [0.2, 0.25) is 5.02 Å². The third kappa shape index (κ3) is 3.11. The summed E-state index contributed by atoms with van der Waals surface area (Å²) in [6.45, 7) is 2.08. The summed E-state index contributed by atoms with van der Waals surface area (Å²) < 4.78 is 0. The van der Waals surface area contributed by atoms with E-state index in [9.17, 15) is 0 Å². The van der Waals surface area contributed by atoms with Gasteiger partial charge in [0.15, 0.2) is 0 Å². The largest absolute Gasteiger partial charge is 0.384 e. The summed E-state index contributed by atoms with van der Waals surface area (Å²) in [5.41, 5.74) is 7.75. The highest BCUT2D eigenvalue weighted by atomic mass is 35.5. The van der Waals surface area contributed by atoms with Gasteiger partial charge in [-0.2, -0.15) is 0 Å². The van der Waals surface area contributed by atoms with Gasteiger partial charge in [-0.25, -0.2) is 4.98 Å². The molecule has 0 bridgehead atoms. The molecule has 2 rings (SSSR count). The minimum Gasteiger partial charge on any atom is -0.384 e. The molecule has 88 valence electrons. The van der Waals surface area contributed by atoms with E-state index in [-0.39, 0.29) is 6.04 Å². The summed E-state index contributed by atoms with van der Waals surface area (Å²) in [7, 11) is 0. The Labute approximate surface area is 106 Å². The molecule has 1 aromatic carbocycles. The highest BCUT2D eigenvalue weighted by Gasteiger charge is 2.05. The van der Waals surface area contributed by atoms with Gasteiger partial charge in [-0.15, -0.1) is 0 Å². The molecule has 0 aliphatic carbocycles. The van der Waals surface area contributed by atoms with Crippen molar-refractivity contribution in [3.63, 3.8) is 0 Å². The standard InChI is InChI=1S/C13H14ClN3/c1-9(10-2-4-11(14)5-3-10)17-12-6-7-16-13(15)8-12/h2-9H,1H3,(H3,15,16,17). The molecule has 0 aliphatic heterocycles. The Hall–Kier alpha value is -1.74. The smallest absolute Gasteiger partial charge is 0.125 e. The van der Waals surface area contributed by atoms with E-state index in [1.165, 1.54) is 5.56 Å². The van der Waals surface area contributed by atoms with Crippen LogP contribution in [0.1, 0.15) is 18.5 Å². The number of halogens is 1. The molecule has 0 amide bonds. The van der Waals surface area contributed by atoms with E-state index in [4.69, 9.17) is 17.3 Å². The number of anilines is 2. The predicted molar refractivity (Wildman–Crippen MR) is 72.1 cm³/mol. The van der Waals surface area contributed by atoms with Crippen LogP contribution in [0.3, 0.4) is 0 Å². The molecule has 0 radical (unpaired) electrons. The number of nitrogens with one attached hydrogen (secondary N) is 1. The minimum absolute atomic E-state index is 0.189. The van der Waals surface area contributed by atoms with Gasteiger partial charge >= 0.3 is 0 Å². The van der Waals surface area contributed by atoms with Crippen molar-refractivity contribution in [1.29, 1.82) is 0 Å². The van der Waals surface area contributed by atoms with Crippen LogP contribution in [-0.2, 0) is 0 Å². The molecular weight excluding hydrogens is 234 g/mol. The van der Waals surface area contributed by atoms with E-state index in [0.717, 1.165) is 10.7 Å². The fourth-order valence-electron chi connectivity index (χ4n) is 1.62. The van der Waals surface area contributed by atoms with Crippen molar-refractivity contribution in [3.05, 3.63) is 53.2 Å². The fourth-order valence-corrected chi connectivity index (χ4v) is 1.75. The van der Waals surface area contributed by atoms with E-state index in [1.54, 1.807) is 6.20 Å². The Balaban J connectivity index is 2.11. The maximum Gasteiger partial charge on any atom is 0.125 e. The molecule has 4 heteroatoms. The molecule has 1 aromatic heterocycles. The topological polar surface area (TPSA) is 50.9 Å². The van der Waals surface area contributed by atoms with Crippen LogP contribution in [0.4, 0.5) is 11.5 Å². The van der Waals surface area contributed by atoms with Crippen molar-refractivity contribution >= 4 is 23.1 Å². The Morgan fingerprint density at radius 1 is 1.24 bits per heavy atom. The van der Waals surface area contributed by atoms with Crippen molar-refractivity contribution in [2.45, 2.75) is 13.0 Å². The number of aromatic nitrogens is 1. The fraction of sp³-hybridized carbons (Fsp3) is 0.154. The van der Waals surface area contributed by atoms with Crippen molar-refractivity contribution in [2.24, 2.45) is 0 Å². The molecule has 0 saturated heterocycles. The molecule has 2 aromatic rings. The number of nitrogens with zero attached hydrogens (tertiary/aromatic N) is 1. The van der Waals surface area contributed by atoms with E-state index in [1.807, 2.05) is 36.4 Å². The molecule has 0 spiro atoms. The van der Waals surface area contributed by atoms with Gasteiger partial charge in [0, 0.05) is 29.0 Å². The van der Waals surface area contributed by atoms with Gasteiger partial charge in [-0.3, -0.25) is 0 Å². The summed E-state index contributed by atoms with van der Waals surface area (Å²) in [4.78, 5) is 3.95. The van der Waals surface area contributed by atoms with Gasteiger partial charge in [0.25, 0.3) is 0 Å². The van der Waals surface area contributed by atoms with E-state index in [0.29, 0.717) is 5.82 Å². The zero-order chi connectivity index (χ0) is 12.3. The summed E-state index contributed by atoms with van der Waals surface area (Å²) in [6, 6.07) is 11.7. The number of hydrogen-bond donors (Lipinski definition) is 2. The number of rotatable bonds is 3. The normalized spacial score (nSPS) is 12.1. The lowest BCUT2D eigenvalue weighted by atomic mass is 10.1. The summed E-state index contributed by atoms with van der Waals surface area (Å²) in [5.74, 6) is 0.512. The van der Waals surface area contributed by atoms with Gasteiger partial charge in [-0.1, -0.05) is 23.7 Å². The Kier molecular flexibility index (Phi) is 3.49. The van der Waals surface area contributed by atoms with Crippen LogP contribution in [0.5, 0.6) is 0 Å². The summed E-state index contributed by atoms with van der Waals surface area (Å²) in [6.07, 6.45) is 1.69. The first-order valence-corrected chi connectivity index (χ1v) is 5.76. The zero-order valence-corrected chi connectivity index (χ0v) is 10.3. The number of nitrogens with two attached hydrogens (primary N) is 1. The molecule has 1 atom stereocenters. The summed E-state index contributed by atoms with van der Waals surface area (Å²) >= 11 is 5.85. The van der Waals surface area contributed by atoms with Crippen molar-refractivity contribution in [2.75, 3.05) is 11.1 Å². The minimum atomic E-state index is 0.189. The second-order valence-corrected chi connectivity index (χ2v) is 4.32. The van der Waals surface area contributed by atoms with Gasteiger partial charge in [0.2, 0.25) is 0 Å². The van der Waals surface area contributed by atoms with Gasteiger partial charge in [0.05, 0.1) is 0 Å². The monoisotopic (exact) mass is 247 g/mol. The first-order valence-electron chi connectivity index (χ1n) is 5.38. The molecular formula is C13H14ClN3. The van der Waals surface area contributed by atoms with Crippen LogP contribution in [0.15, 0.2) is 42.6 Å². The molecule has 3 N–H and O–H groups in total. The molecule has 3 nitrogen and oxygen atoms in total. The van der Waals surface area contributed by atoms with Crippen LogP contribution in [0.25, 0.3) is 0 Å². The second kappa shape index (κ2) is 5.06. The van der Waals surface area contributed by atoms with E-state index < -0.39 is 0 Å². The third-order valence-corrected chi connectivity index (χ3v) is 2.79. The molecule has 0 fully saturated rings. The van der Waals surface area contributed by atoms with Crippen molar-refractivity contribution in [1.82, 2.24) is 4.98 Å². The average molecular weight is 248 g/mol. The Morgan fingerprint density at radius 2 is 1.94 bits per heavy atom. The number of nitrogen functional groups attached to an aromatic ring is 1. The predicted octanol–water partition coefficient (Wildman–Crippen LogP) is 3.49. The molecule has 0 saturated carbocycles. The highest BCUT2D eigenvalue weighted by Crippen LogP contribution is 2.21. The van der Waals surface area contributed by atoms with Crippen LogP contribution < -0.4 is 11.1 Å². The lowest BCUT2D eigenvalue weighted by Crippen LogP contribution is -2.06. The molecule has 1 unspecified atom stereocenters. The van der Waals surface area contributed by atoms with Gasteiger partial charge < -0.3 is 11.1 Å². The molecule has 17 heavy (non-hydrogen) atoms. The maximum atomic E-state index is 5.85. The zero-order valence-electron chi connectivity index (χ0n) is 9.52.